The van der Waals surface area contributed by atoms with Crippen LogP contribution in [0.15, 0.2) is 42.7 Å². The summed E-state index contributed by atoms with van der Waals surface area (Å²) >= 11 is 0. The van der Waals surface area contributed by atoms with Gasteiger partial charge in [0.05, 0.1) is 12.4 Å². The fraction of sp³-hybridized carbons (Fsp3) is 0.389. The number of aromatic nitrogens is 2. The van der Waals surface area contributed by atoms with Crippen LogP contribution in [0.25, 0.3) is 0 Å². The lowest BCUT2D eigenvalue weighted by atomic mass is 10.0. The lowest BCUT2D eigenvalue weighted by Crippen LogP contribution is -2.29. The normalized spacial score (nSPS) is 22.5. The first-order valence-corrected chi connectivity index (χ1v) is 8.25. The predicted molar refractivity (Wildman–Crippen MR) is 89.6 cm³/mol. The zero-order chi connectivity index (χ0) is 16.4. The molecule has 1 aromatic heterocycles. The van der Waals surface area contributed by atoms with Crippen molar-refractivity contribution in [2.24, 2.45) is 11.8 Å². The van der Waals surface area contributed by atoms with E-state index < -0.39 is 0 Å². The van der Waals surface area contributed by atoms with Gasteiger partial charge in [0.2, 0.25) is 12.4 Å². The number of anilines is 1. The molecule has 124 valence electrons. The van der Waals surface area contributed by atoms with Gasteiger partial charge >= 0.3 is 0 Å². The summed E-state index contributed by atoms with van der Waals surface area (Å²) in [5.74, 6) is 2.49. The van der Waals surface area contributed by atoms with E-state index in [1.165, 1.54) is 0 Å². The Morgan fingerprint density at radius 1 is 1.04 bits per heavy atom. The number of amides is 1. The van der Waals surface area contributed by atoms with Crippen molar-refractivity contribution in [2.75, 3.05) is 31.1 Å². The van der Waals surface area contributed by atoms with Crippen LogP contribution in [0.3, 0.4) is 0 Å². The van der Waals surface area contributed by atoms with Crippen molar-refractivity contribution < 1.29 is 9.53 Å². The highest BCUT2D eigenvalue weighted by Crippen LogP contribution is 2.32. The van der Waals surface area contributed by atoms with E-state index in [0.717, 1.165) is 44.1 Å². The monoisotopic (exact) mass is 324 g/mol. The highest BCUT2D eigenvalue weighted by Gasteiger charge is 2.40. The third kappa shape index (κ3) is 3.04. The molecule has 0 spiro atoms. The molecule has 0 N–H and O–H groups in total. The predicted octanol–water partition coefficient (Wildman–Crippen LogP) is 1.58. The summed E-state index contributed by atoms with van der Waals surface area (Å²) in [5, 5.41) is 0. The molecule has 24 heavy (non-hydrogen) atoms. The molecular formula is C18H20N4O2. The lowest BCUT2D eigenvalue weighted by Gasteiger charge is -2.19. The number of likely N-dealkylation sites (tertiary alicyclic amines) is 1. The number of hydrogen-bond donors (Lipinski definition) is 0. The van der Waals surface area contributed by atoms with E-state index >= 15 is 0 Å². The largest absolute Gasteiger partial charge is 0.486 e. The van der Waals surface area contributed by atoms with Crippen LogP contribution in [-0.2, 0) is 11.4 Å². The van der Waals surface area contributed by atoms with Crippen molar-refractivity contribution in [1.82, 2.24) is 14.9 Å². The minimum atomic E-state index is 0.513. The van der Waals surface area contributed by atoms with Crippen LogP contribution in [0, 0.1) is 11.8 Å². The van der Waals surface area contributed by atoms with Crippen molar-refractivity contribution in [3.8, 4) is 5.75 Å². The zero-order valence-electron chi connectivity index (χ0n) is 13.4. The van der Waals surface area contributed by atoms with Gasteiger partial charge in [-0.05, 0) is 5.56 Å². The first-order valence-electron chi connectivity index (χ1n) is 8.25. The third-order valence-electron chi connectivity index (χ3n) is 4.81. The fourth-order valence-corrected chi connectivity index (χ4v) is 3.57. The van der Waals surface area contributed by atoms with E-state index in [1.807, 2.05) is 35.2 Å². The molecule has 0 bridgehead atoms. The summed E-state index contributed by atoms with van der Waals surface area (Å²) in [6, 6.07) is 10.0. The number of carbonyl (C=O) groups excluding carboxylic acids is 1. The first-order chi connectivity index (χ1) is 11.8. The highest BCUT2D eigenvalue weighted by atomic mass is 16.5. The van der Waals surface area contributed by atoms with Crippen molar-refractivity contribution in [3.63, 3.8) is 0 Å². The molecular weight excluding hydrogens is 304 g/mol. The number of benzene rings is 1. The second-order valence-corrected chi connectivity index (χ2v) is 6.48. The van der Waals surface area contributed by atoms with E-state index in [-0.39, 0.29) is 0 Å². The van der Waals surface area contributed by atoms with Crippen LogP contribution in [0.5, 0.6) is 5.75 Å². The highest BCUT2D eigenvalue weighted by molar-refractivity contribution is 5.48. The van der Waals surface area contributed by atoms with E-state index in [2.05, 4.69) is 14.9 Å². The maximum Gasteiger partial charge on any atom is 0.225 e. The van der Waals surface area contributed by atoms with Crippen LogP contribution < -0.4 is 9.64 Å². The molecule has 0 radical (unpaired) electrons. The Bertz CT molecular complexity index is 678. The molecule has 6 heteroatoms. The minimum Gasteiger partial charge on any atom is -0.486 e. The van der Waals surface area contributed by atoms with E-state index in [0.29, 0.717) is 24.2 Å². The molecule has 6 nitrogen and oxygen atoms in total. The average Bonchev–Trinajstić information content (AvgIpc) is 3.20. The minimum absolute atomic E-state index is 0.513. The van der Waals surface area contributed by atoms with Gasteiger partial charge in [-0.3, -0.25) is 4.79 Å². The van der Waals surface area contributed by atoms with Gasteiger partial charge in [-0.2, -0.15) is 0 Å². The van der Waals surface area contributed by atoms with Gasteiger partial charge in [-0.25, -0.2) is 9.97 Å². The van der Waals surface area contributed by atoms with Crippen molar-refractivity contribution >= 4 is 12.4 Å². The fourth-order valence-electron chi connectivity index (χ4n) is 3.57. The molecule has 0 aliphatic carbocycles. The zero-order valence-corrected chi connectivity index (χ0v) is 13.4. The molecule has 2 saturated heterocycles. The number of ether oxygens (including phenoxy) is 1. The average molecular weight is 324 g/mol. The molecule has 0 saturated carbocycles. The molecule has 4 rings (SSSR count). The molecule has 2 unspecified atom stereocenters. The number of rotatable bonds is 5. The Hall–Kier alpha value is -2.63. The van der Waals surface area contributed by atoms with Gasteiger partial charge in [0, 0.05) is 38.0 Å². The van der Waals surface area contributed by atoms with Crippen molar-refractivity contribution in [3.05, 3.63) is 48.3 Å². The maximum atomic E-state index is 10.9. The van der Waals surface area contributed by atoms with Gasteiger partial charge in [-0.1, -0.05) is 30.3 Å². The third-order valence-corrected chi connectivity index (χ3v) is 4.81. The first kappa shape index (κ1) is 14.9. The van der Waals surface area contributed by atoms with E-state index in [4.69, 9.17) is 4.74 Å². The smallest absolute Gasteiger partial charge is 0.225 e. The van der Waals surface area contributed by atoms with E-state index in [9.17, 15) is 4.79 Å². The number of carbonyl (C=O) groups is 1. The van der Waals surface area contributed by atoms with Crippen LogP contribution in [-0.4, -0.2) is 47.5 Å². The van der Waals surface area contributed by atoms with Crippen LogP contribution in [0.1, 0.15) is 5.56 Å². The summed E-state index contributed by atoms with van der Waals surface area (Å²) in [5.41, 5.74) is 1.12. The standard InChI is InChI=1S/C18H20N4O2/c23-13-21-8-15-10-22(11-16(15)9-21)18-19-6-17(7-20-18)24-12-14-4-2-1-3-5-14/h1-7,13,15-16H,8-12H2. The lowest BCUT2D eigenvalue weighted by molar-refractivity contribution is -0.117. The number of fused-ring (bicyclic) bond motifs is 1. The Balaban J connectivity index is 1.34. The Labute approximate surface area is 141 Å². The SMILES string of the molecule is O=CN1CC2CN(c3ncc(OCc4ccccc4)cn3)CC2C1. The quantitative estimate of drug-likeness (QED) is 0.782. The van der Waals surface area contributed by atoms with E-state index in [1.54, 1.807) is 12.4 Å². The molecule has 3 heterocycles. The maximum absolute atomic E-state index is 10.9. The molecule has 1 amide bonds. The molecule has 1 aromatic carbocycles. The number of nitrogens with zero attached hydrogens (tertiary/aromatic N) is 4. The van der Waals surface area contributed by atoms with Crippen molar-refractivity contribution in [2.45, 2.75) is 6.61 Å². The summed E-state index contributed by atoms with van der Waals surface area (Å²) in [6.45, 7) is 4.04. The van der Waals surface area contributed by atoms with Gasteiger partial charge in [0.25, 0.3) is 0 Å². The summed E-state index contributed by atoms with van der Waals surface area (Å²) in [4.78, 5) is 23.8. The van der Waals surface area contributed by atoms with Gasteiger partial charge in [0.1, 0.15) is 6.61 Å². The van der Waals surface area contributed by atoms with Gasteiger partial charge < -0.3 is 14.5 Å². The van der Waals surface area contributed by atoms with Crippen molar-refractivity contribution in [1.29, 1.82) is 0 Å². The Morgan fingerprint density at radius 2 is 1.71 bits per heavy atom. The Morgan fingerprint density at radius 3 is 2.33 bits per heavy atom. The van der Waals surface area contributed by atoms with Gasteiger partial charge in [-0.15, -0.1) is 0 Å². The second-order valence-electron chi connectivity index (χ2n) is 6.48. The van der Waals surface area contributed by atoms with Crippen LogP contribution in [0.2, 0.25) is 0 Å². The summed E-state index contributed by atoms with van der Waals surface area (Å²) in [6.07, 6.45) is 4.42. The summed E-state index contributed by atoms with van der Waals surface area (Å²) < 4.78 is 5.72. The molecule has 2 fully saturated rings. The van der Waals surface area contributed by atoms with Gasteiger partial charge in [0.15, 0.2) is 5.75 Å². The summed E-state index contributed by atoms with van der Waals surface area (Å²) in [7, 11) is 0. The number of hydrogen-bond acceptors (Lipinski definition) is 5. The van der Waals surface area contributed by atoms with Crippen LogP contribution >= 0.6 is 0 Å². The molecule has 2 aromatic rings. The van der Waals surface area contributed by atoms with Crippen LogP contribution in [0.4, 0.5) is 5.95 Å². The topological polar surface area (TPSA) is 58.6 Å². The molecule has 2 aliphatic rings. The second kappa shape index (κ2) is 6.47. The Kier molecular flexibility index (Phi) is 4.02. The molecule has 2 atom stereocenters. The molecule has 2 aliphatic heterocycles.